The van der Waals surface area contributed by atoms with E-state index in [1.54, 1.807) is 0 Å². The van der Waals surface area contributed by atoms with Gasteiger partial charge in [-0.2, -0.15) is 0 Å². The maximum absolute atomic E-state index is 10.6. The average molecular weight is 437 g/mol. The van der Waals surface area contributed by atoms with Crippen LogP contribution in [0.1, 0.15) is 32.1 Å². The Labute approximate surface area is 181 Å². The number of hydrogen-bond acceptors (Lipinski definition) is 3. The van der Waals surface area contributed by atoms with Gasteiger partial charge in [0.25, 0.3) is 0 Å². The molecule has 0 bridgehead atoms. The summed E-state index contributed by atoms with van der Waals surface area (Å²) in [4.78, 5) is 10.6. The van der Waals surface area contributed by atoms with E-state index in [0.717, 1.165) is 29.4 Å². The van der Waals surface area contributed by atoms with Gasteiger partial charge in [-0.05, 0) is 43.7 Å². The van der Waals surface area contributed by atoms with Gasteiger partial charge < -0.3 is 14.9 Å². The first-order valence-electron chi connectivity index (χ1n) is 9.96. The highest BCUT2D eigenvalue weighted by atomic mass is 35.5. The van der Waals surface area contributed by atoms with Crippen LogP contribution < -0.4 is 4.74 Å². The summed E-state index contributed by atoms with van der Waals surface area (Å²) in [7, 11) is 0. The second-order valence-corrected chi connectivity index (χ2v) is 8.51. The summed E-state index contributed by atoms with van der Waals surface area (Å²) in [5, 5.41) is 21.6. The van der Waals surface area contributed by atoms with E-state index in [0.29, 0.717) is 24.5 Å². The fourth-order valence-electron chi connectivity index (χ4n) is 3.98. The molecular formula is C23H26Cl2O4. The highest BCUT2D eigenvalue weighted by Gasteiger charge is 2.41. The number of unbranched alkanes of at least 4 members (excludes halogenated alkanes) is 1. The molecule has 0 saturated heterocycles. The maximum atomic E-state index is 10.6. The molecule has 2 aromatic carbocycles. The number of carboxylic acids is 1. The quantitative estimate of drug-likeness (QED) is 0.301. The zero-order valence-electron chi connectivity index (χ0n) is 16.1. The molecule has 1 aliphatic rings. The molecule has 0 heterocycles. The molecule has 6 heteroatoms. The van der Waals surface area contributed by atoms with Gasteiger partial charge in [-0.3, -0.25) is 4.79 Å². The molecule has 0 amide bonds. The van der Waals surface area contributed by atoms with Gasteiger partial charge >= 0.3 is 5.97 Å². The number of halogens is 2. The van der Waals surface area contributed by atoms with Crippen LogP contribution in [0.25, 0.3) is 10.8 Å². The van der Waals surface area contributed by atoms with Crippen molar-refractivity contribution >= 4 is 39.9 Å². The molecule has 29 heavy (non-hydrogen) atoms. The first-order chi connectivity index (χ1) is 14.0. The Kier molecular flexibility index (Phi) is 7.82. The van der Waals surface area contributed by atoms with E-state index in [-0.39, 0.29) is 23.6 Å². The summed E-state index contributed by atoms with van der Waals surface area (Å²) in [6.07, 6.45) is 6.37. The zero-order chi connectivity index (χ0) is 20.8. The number of fused-ring (bicyclic) bond motifs is 1. The summed E-state index contributed by atoms with van der Waals surface area (Å²) < 4.78 is 6.11. The SMILES string of the molecule is O=C(O)CCC/C=C\C[C@H]1C(Cl)C[C@@H](O)[C@@H]1COc1ccc(Cl)c2ccccc12. The third kappa shape index (κ3) is 5.65. The summed E-state index contributed by atoms with van der Waals surface area (Å²) in [5.41, 5.74) is 0. The Hall–Kier alpha value is -1.75. The molecule has 0 aromatic heterocycles. The minimum atomic E-state index is -0.773. The van der Waals surface area contributed by atoms with Crippen molar-refractivity contribution in [2.75, 3.05) is 6.61 Å². The number of rotatable bonds is 9. The molecule has 1 unspecified atom stereocenters. The van der Waals surface area contributed by atoms with Crippen molar-refractivity contribution in [3.63, 3.8) is 0 Å². The Balaban J connectivity index is 1.62. The van der Waals surface area contributed by atoms with Crippen LogP contribution in [0.2, 0.25) is 5.02 Å². The molecule has 0 radical (unpaired) electrons. The van der Waals surface area contributed by atoms with Gasteiger partial charge in [-0.15, -0.1) is 11.6 Å². The first kappa shape index (κ1) is 21.9. The number of alkyl halides is 1. The van der Waals surface area contributed by atoms with E-state index in [2.05, 4.69) is 0 Å². The summed E-state index contributed by atoms with van der Waals surface area (Å²) in [6, 6.07) is 11.5. The predicted octanol–water partition coefficient (Wildman–Crippen LogP) is 5.68. The van der Waals surface area contributed by atoms with Crippen LogP contribution in [0.4, 0.5) is 0 Å². The minimum Gasteiger partial charge on any atom is -0.493 e. The number of aliphatic hydroxyl groups is 1. The second-order valence-electron chi connectivity index (χ2n) is 7.54. The highest BCUT2D eigenvalue weighted by Crippen LogP contribution is 2.40. The van der Waals surface area contributed by atoms with Gasteiger partial charge in [0.15, 0.2) is 0 Å². The molecule has 0 spiro atoms. The fourth-order valence-corrected chi connectivity index (χ4v) is 4.68. The van der Waals surface area contributed by atoms with E-state index in [4.69, 9.17) is 33.0 Å². The fraction of sp³-hybridized carbons (Fsp3) is 0.435. The van der Waals surface area contributed by atoms with E-state index in [1.165, 1.54) is 0 Å². The number of carboxylic acid groups (broad SMARTS) is 1. The van der Waals surface area contributed by atoms with Crippen molar-refractivity contribution in [2.45, 2.75) is 43.6 Å². The smallest absolute Gasteiger partial charge is 0.303 e. The standard InChI is InChI=1S/C23H26Cl2O4/c24-19-11-12-22(17-9-6-5-8-15(17)19)29-14-18-16(20(25)13-21(18)26)7-3-1-2-4-10-23(27)28/h1,3,5-6,8-9,11-12,16,18,20-21,26H,2,4,7,10,13-14H2,(H,27,28)/b3-1-/t16-,18-,20?,21-/m1/s1. The lowest BCUT2D eigenvalue weighted by atomic mass is 9.92. The van der Waals surface area contributed by atoms with Crippen LogP contribution in [0.15, 0.2) is 48.6 Å². The number of benzene rings is 2. The third-order valence-corrected chi connectivity index (χ3v) is 6.41. The zero-order valence-corrected chi connectivity index (χ0v) is 17.6. The number of allylic oxidation sites excluding steroid dienone is 2. The van der Waals surface area contributed by atoms with E-state index < -0.39 is 12.1 Å². The van der Waals surface area contributed by atoms with E-state index in [1.807, 2.05) is 48.6 Å². The number of hydrogen-bond donors (Lipinski definition) is 2. The van der Waals surface area contributed by atoms with Crippen molar-refractivity contribution in [1.29, 1.82) is 0 Å². The number of aliphatic carboxylic acids is 1. The number of ether oxygens (including phenoxy) is 1. The molecular weight excluding hydrogens is 411 g/mol. The molecule has 2 aromatic rings. The Bertz CT molecular complexity index is 867. The molecule has 4 atom stereocenters. The normalized spacial score (nSPS) is 24.4. The van der Waals surface area contributed by atoms with Crippen molar-refractivity contribution in [3.8, 4) is 5.75 Å². The van der Waals surface area contributed by atoms with E-state index >= 15 is 0 Å². The topological polar surface area (TPSA) is 66.8 Å². The molecule has 1 saturated carbocycles. The highest BCUT2D eigenvalue weighted by molar-refractivity contribution is 6.35. The van der Waals surface area contributed by atoms with Gasteiger partial charge in [0, 0.05) is 33.5 Å². The molecule has 1 aliphatic carbocycles. The van der Waals surface area contributed by atoms with Crippen LogP contribution in [0, 0.1) is 11.8 Å². The van der Waals surface area contributed by atoms with Crippen molar-refractivity contribution in [3.05, 3.63) is 53.6 Å². The number of aliphatic hydroxyl groups excluding tert-OH is 1. The number of carbonyl (C=O) groups is 1. The molecule has 0 aliphatic heterocycles. The van der Waals surface area contributed by atoms with Crippen molar-refractivity contribution in [2.24, 2.45) is 11.8 Å². The van der Waals surface area contributed by atoms with Crippen LogP contribution in [-0.2, 0) is 4.79 Å². The monoisotopic (exact) mass is 436 g/mol. The summed E-state index contributed by atoms with van der Waals surface area (Å²) >= 11 is 12.8. The van der Waals surface area contributed by atoms with E-state index in [9.17, 15) is 9.90 Å². The molecule has 4 nitrogen and oxygen atoms in total. The molecule has 156 valence electrons. The van der Waals surface area contributed by atoms with Crippen molar-refractivity contribution in [1.82, 2.24) is 0 Å². The second kappa shape index (κ2) is 10.3. The van der Waals surface area contributed by atoms with Gasteiger partial charge in [0.05, 0.1) is 12.7 Å². The largest absolute Gasteiger partial charge is 0.493 e. The van der Waals surface area contributed by atoms with Gasteiger partial charge in [-0.25, -0.2) is 0 Å². The van der Waals surface area contributed by atoms with Crippen LogP contribution >= 0.6 is 23.2 Å². The van der Waals surface area contributed by atoms with Gasteiger partial charge in [0.1, 0.15) is 5.75 Å². The molecule has 3 rings (SSSR count). The van der Waals surface area contributed by atoms with Crippen LogP contribution in [0.3, 0.4) is 0 Å². The van der Waals surface area contributed by atoms with Crippen LogP contribution in [-0.4, -0.2) is 34.3 Å². The lowest BCUT2D eigenvalue weighted by molar-refractivity contribution is -0.137. The van der Waals surface area contributed by atoms with Crippen molar-refractivity contribution < 1.29 is 19.7 Å². The maximum Gasteiger partial charge on any atom is 0.303 e. The first-order valence-corrected chi connectivity index (χ1v) is 10.8. The molecule has 2 N–H and O–H groups in total. The third-order valence-electron chi connectivity index (χ3n) is 5.57. The van der Waals surface area contributed by atoms with Gasteiger partial charge in [-0.1, -0.05) is 48.0 Å². The minimum absolute atomic E-state index is 0.0596. The average Bonchev–Trinajstić information content (AvgIpc) is 2.96. The predicted molar refractivity (Wildman–Crippen MR) is 117 cm³/mol. The lowest BCUT2D eigenvalue weighted by Crippen LogP contribution is -2.27. The summed E-state index contributed by atoms with van der Waals surface area (Å²) in [5.74, 6) is 0.0276. The Morgan fingerprint density at radius 3 is 2.66 bits per heavy atom. The van der Waals surface area contributed by atoms with Crippen LogP contribution in [0.5, 0.6) is 5.75 Å². The Morgan fingerprint density at radius 2 is 1.90 bits per heavy atom. The van der Waals surface area contributed by atoms with Gasteiger partial charge in [0.2, 0.25) is 0 Å². The Morgan fingerprint density at radius 1 is 1.14 bits per heavy atom. The summed E-state index contributed by atoms with van der Waals surface area (Å²) in [6.45, 7) is 0.382. The lowest BCUT2D eigenvalue weighted by Gasteiger charge is -2.23. The molecule has 1 fully saturated rings.